The maximum atomic E-state index is 13.8. The van der Waals surface area contributed by atoms with Crippen molar-refractivity contribution in [2.45, 2.75) is 31.7 Å². The predicted molar refractivity (Wildman–Crippen MR) is 116 cm³/mol. The van der Waals surface area contributed by atoms with Crippen molar-refractivity contribution in [3.8, 4) is 11.5 Å². The van der Waals surface area contributed by atoms with Gasteiger partial charge in [0, 0.05) is 24.5 Å². The lowest BCUT2D eigenvalue weighted by Crippen LogP contribution is -2.45. The first-order valence-electron chi connectivity index (χ1n) is 10.0. The summed E-state index contributed by atoms with van der Waals surface area (Å²) in [6.45, 7) is 1.87. The highest BCUT2D eigenvalue weighted by molar-refractivity contribution is 7.09. The molecule has 154 valence electrons. The summed E-state index contributed by atoms with van der Waals surface area (Å²) in [5.41, 5.74) is 1.87. The van der Waals surface area contributed by atoms with Crippen LogP contribution in [0, 0.1) is 0 Å². The lowest BCUT2D eigenvalue weighted by molar-refractivity contribution is -0.123. The Bertz CT molecular complexity index is 1020. The summed E-state index contributed by atoms with van der Waals surface area (Å²) >= 11 is 1.62. The van der Waals surface area contributed by atoms with E-state index < -0.39 is 0 Å². The van der Waals surface area contributed by atoms with E-state index >= 15 is 0 Å². The smallest absolute Gasteiger partial charge is 0.244 e. The van der Waals surface area contributed by atoms with Crippen LogP contribution < -0.4 is 14.4 Å². The van der Waals surface area contributed by atoms with E-state index in [0.717, 1.165) is 34.3 Å². The number of likely N-dealkylation sites (tertiary alicyclic amines) is 1. The molecule has 30 heavy (non-hydrogen) atoms. The molecule has 2 aromatic carbocycles. The number of carbonyl (C=O) groups excluding carboxylic acids is 1. The lowest BCUT2D eigenvalue weighted by Gasteiger charge is -2.31. The number of anilines is 1. The Morgan fingerprint density at radius 3 is 2.77 bits per heavy atom. The van der Waals surface area contributed by atoms with Crippen molar-refractivity contribution in [1.82, 2.24) is 9.88 Å². The van der Waals surface area contributed by atoms with Crippen LogP contribution in [0.5, 0.6) is 11.5 Å². The maximum Gasteiger partial charge on any atom is 0.244 e. The van der Waals surface area contributed by atoms with Crippen LogP contribution in [0.15, 0.2) is 60.1 Å². The lowest BCUT2D eigenvalue weighted by atomic mass is 10.1. The maximum absolute atomic E-state index is 13.8. The Morgan fingerprint density at radius 2 is 2.00 bits per heavy atom. The first kappa shape index (κ1) is 19.1. The zero-order chi connectivity index (χ0) is 20.5. The van der Waals surface area contributed by atoms with Gasteiger partial charge in [-0.15, -0.1) is 11.3 Å². The summed E-state index contributed by atoms with van der Waals surface area (Å²) in [5.74, 6) is 1.68. The summed E-state index contributed by atoms with van der Waals surface area (Å²) < 4.78 is 11.6. The number of methoxy groups -OCH3 is 1. The number of hydrogen-bond donors (Lipinski definition) is 0. The third kappa shape index (κ3) is 3.66. The van der Waals surface area contributed by atoms with Crippen LogP contribution >= 0.6 is 11.3 Å². The van der Waals surface area contributed by atoms with Gasteiger partial charge in [-0.3, -0.25) is 9.69 Å². The van der Waals surface area contributed by atoms with Gasteiger partial charge in [-0.25, -0.2) is 4.98 Å². The van der Waals surface area contributed by atoms with E-state index in [1.54, 1.807) is 18.4 Å². The molecule has 0 spiro atoms. The number of amides is 1. The summed E-state index contributed by atoms with van der Waals surface area (Å²) in [4.78, 5) is 22.2. The number of hydrogen-bond acceptors (Lipinski definition) is 6. The average molecular weight is 422 g/mol. The van der Waals surface area contributed by atoms with Crippen molar-refractivity contribution in [2.24, 2.45) is 0 Å². The number of rotatable bonds is 5. The van der Waals surface area contributed by atoms with Crippen LogP contribution in [0.2, 0.25) is 0 Å². The summed E-state index contributed by atoms with van der Waals surface area (Å²) in [6.07, 6.45) is 2.51. The van der Waals surface area contributed by atoms with Gasteiger partial charge in [0.2, 0.25) is 5.91 Å². The fraction of sp³-hybridized carbons (Fsp3) is 0.304. The van der Waals surface area contributed by atoms with Gasteiger partial charge in [0.15, 0.2) is 0 Å². The van der Waals surface area contributed by atoms with Crippen LogP contribution in [0.3, 0.4) is 0 Å². The topological polar surface area (TPSA) is 54.9 Å². The Kier molecular flexibility index (Phi) is 5.14. The minimum Gasteiger partial charge on any atom is -0.497 e. The highest BCUT2D eigenvalue weighted by Crippen LogP contribution is 2.37. The second-order valence-electron chi connectivity index (χ2n) is 7.59. The number of carbonyl (C=O) groups is 1. The van der Waals surface area contributed by atoms with E-state index in [2.05, 4.69) is 9.88 Å². The molecule has 7 heteroatoms. The SMILES string of the molecule is COc1ccc(CN2C(=O)C3CC(CN3Cc3nccs3)Oc3ccccc32)cc1. The molecule has 3 aromatic rings. The zero-order valence-electron chi connectivity index (χ0n) is 16.7. The van der Waals surface area contributed by atoms with Crippen molar-refractivity contribution in [3.05, 3.63) is 70.7 Å². The molecule has 1 aromatic heterocycles. The number of fused-ring (bicyclic) bond motifs is 3. The number of para-hydroxylation sites is 2. The summed E-state index contributed by atoms with van der Waals surface area (Å²) in [7, 11) is 1.65. The van der Waals surface area contributed by atoms with Crippen LogP contribution in [-0.2, 0) is 17.9 Å². The molecule has 2 aliphatic heterocycles. The Hall–Kier alpha value is -2.90. The molecule has 0 aliphatic carbocycles. The molecule has 2 aliphatic rings. The Morgan fingerprint density at radius 1 is 1.17 bits per heavy atom. The number of thiazole rings is 1. The molecule has 1 saturated heterocycles. The molecule has 6 nitrogen and oxygen atoms in total. The largest absolute Gasteiger partial charge is 0.497 e. The second-order valence-corrected chi connectivity index (χ2v) is 8.57. The first-order valence-corrected chi connectivity index (χ1v) is 10.9. The molecule has 2 unspecified atom stereocenters. The van der Waals surface area contributed by atoms with E-state index in [-0.39, 0.29) is 18.1 Å². The van der Waals surface area contributed by atoms with Crippen LogP contribution in [0.4, 0.5) is 5.69 Å². The predicted octanol–water partition coefficient (Wildman–Crippen LogP) is 3.72. The van der Waals surface area contributed by atoms with Gasteiger partial charge in [-0.2, -0.15) is 0 Å². The number of nitrogens with zero attached hydrogens (tertiary/aromatic N) is 3. The molecular weight excluding hydrogens is 398 g/mol. The molecular formula is C23H23N3O3S. The third-order valence-electron chi connectivity index (χ3n) is 5.69. The summed E-state index contributed by atoms with van der Waals surface area (Å²) in [5, 5.41) is 2.99. The van der Waals surface area contributed by atoms with Crippen LogP contribution in [-0.4, -0.2) is 41.6 Å². The minimum atomic E-state index is -0.217. The fourth-order valence-corrected chi connectivity index (χ4v) is 4.86. The molecule has 1 fully saturated rings. The van der Waals surface area contributed by atoms with Gasteiger partial charge < -0.3 is 14.4 Å². The molecule has 2 bridgehead atoms. The van der Waals surface area contributed by atoms with Gasteiger partial charge in [-0.1, -0.05) is 24.3 Å². The van der Waals surface area contributed by atoms with E-state index in [0.29, 0.717) is 19.5 Å². The standard InChI is InChI=1S/C23H23N3O3S/c1-28-17-8-6-16(7-9-17)13-26-19-4-2-3-5-21(19)29-18-12-20(23(26)27)25(14-18)15-22-24-10-11-30-22/h2-11,18,20H,12-15H2,1H3. The molecule has 5 rings (SSSR count). The van der Waals surface area contributed by atoms with E-state index in [1.807, 2.05) is 65.0 Å². The number of aromatic nitrogens is 1. The van der Waals surface area contributed by atoms with E-state index in [1.165, 1.54) is 0 Å². The quantitative estimate of drug-likeness (QED) is 0.629. The van der Waals surface area contributed by atoms with Gasteiger partial charge in [0.25, 0.3) is 0 Å². The van der Waals surface area contributed by atoms with Gasteiger partial charge in [-0.05, 0) is 29.8 Å². The summed E-state index contributed by atoms with van der Waals surface area (Å²) in [6, 6.07) is 15.5. The number of ether oxygens (including phenoxy) is 2. The zero-order valence-corrected chi connectivity index (χ0v) is 17.5. The van der Waals surface area contributed by atoms with E-state index in [4.69, 9.17) is 9.47 Å². The number of benzene rings is 2. The van der Waals surface area contributed by atoms with E-state index in [9.17, 15) is 4.79 Å². The van der Waals surface area contributed by atoms with Crippen molar-refractivity contribution < 1.29 is 14.3 Å². The molecule has 0 N–H and O–H groups in total. The first-order chi connectivity index (χ1) is 14.7. The van der Waals surface area contributed by atoms with Crippen molar-refractivity contribution >= 4 is 22.9 Å². The van der Waals surface area contributed by atoms with Crippen LogP contribution in [0.1, 0.15) is 17.0 Å². The highest BCUT2D eigenvalue weighted by atomic mass is 32.1. The minimum absolute atomic E-state index is 0.00296. The van der Waals surface area contributed by atoms with Crippen LogP contribution in [0.25, 0.3) is 0 Å². The molecule has 1 amide bonds. The third-order valence-corrected chi connectivity index (χ3v) is 6.45. The molecule has 3 heterocycles. The Labute approximate surface area is 179 Å². The molecule has 0 saturated carbocycles. The van der Waals surface area contributed by atoms with Crippen molar-refractivity contribution in [3.63, 3.8) is 0 Å². The molecule has 0 radical (unpaired) electrons. The van der Waals surface area contributed by atoms with Crippen molar-refractivity contribution in [1.29, 1.82) is 0 Å². The second kappa shape index (κ2) is 8.08. The monoisotopic (exact) mass is 421 g/mol. The van der Waals surface area contributed by atoms with Crippen molar-refractivity contribution in [2.75, 3.05) is 18.6 Å². The molecule has 2 atom stereocenters. The average Bonchev–Trinajstić information content (AvgIpc) is 3.42. The normalized spacial score (nSPS) is 21.0. The fourth-order valence-electron chi connectivity index (χ4n) is 4.22. The Balaban J connectivity index is 1.48. The highest BCUT2D eigenvalue weighted by Gasteiger charge is 2.43. The van der Waals surface area contributed by atoms with Gasteiger partial charge in [0.05, 0.1) is 31.9 Å². The van der Waals surface area contributed by atoms with Gasteiger partial charge in [0.1, 0.15) is 22.6 Å². The van der Waals surface area contributed by atoms with Gasteiger partial charge >= 0.3 is 0 Å².